The molecule has 1 fully saturated rings. The van der Waals surface area contributed by atoms with Crippen molar-refractivity contribution in [2.75, 3.05) is 0 Å². The Morgan fingerprint density at radius 1 is 0.971 bits per heavy atom. The van der Waals surface area contributed by atoms with Crippen LogP contribution in [0.2, 0.25) is 0 Å². The van der Waals surface area contributed by atoms with E-state index in [2.05, 4.69) is 5.32 Å². The summed E-state index contributed by atoms with van der Waals surface area (Å²) in [4.78, 5) is 28.3. The molecule has 0 bridgehead atoms. The van der Waals surface area contributed by atoms with Crippen LogP contribution in [0.3, 0.4) is 0 Å². The summed E-state index contributed by atoms with van der Waals surface area (Å²) in [6, 6.07) is 28.0. The lowest BCUT2D eigenvalue weighted by Gasteiger charge is -2.39. The SMILES string of the molecule is CC(O)C(Cc1ccccc1)(NCc1ccccc1)C(=O)N1C(=O)O[C@@H](c2ccccc2)[C@H]1C.Cl. The highest BCUT2D eigenvalue weighted by molar-refractivity contribution is 5.99. The number of nitrogens with zero attached hydrogens (tertiary/aromatic N) is 1. The molecule has 2 amide bonds. The number of halogens is 1. The van der Waals surface area contributed by atoms with Crippen molar-refractivity contribution in [2.45, 2.75) is 50.6 Å². The number of aliphatic hydroxyl groups excluding tert-OH is 1. The van der Waals surface area contributed by atoms with Crippen LogP contribution in [0, 0.1) is 0 Å². The van der Waals surface area contributed by atoms with Crippen LogP contribution in [0.1, 0.15) is 36.6 Å². The second-order valence-electron chi connectivity index (χ2n) is 8.78. The Bertz CT molecular complexity index is 1110. The van der Waals surface area contributed by atoms with Crippen molar-refractivity contribution < 1.29 is 19.4 Å². The molecule has 2 unspecified atom stereocenters. The topological polar surface area (TPSA) is 78.9 Å². The van der Waals surface area contributed by atoms with Crippen LogP contribution in [0.4, 0.5) is 4.79 Å². The average molecular weight is 495 g/mol. The fraction of sp³-hybridized carbons (Fsp3) is 0.286. The Balaban J connectivity index is 0.00000342. The van der Waals surface area contributed by atoms with Crippen LogP contribution in [-0.2, 0) is 22.5 Å². The maximum absolute atomic E-state index is 14.1. The number of carbonyl (C=O) groups is 2. The minimum atomic E-state index is -1.43. The van der Waals surface area contributed by atoms with Gasteiger partial charge in [0.05, 0.1) is 12.1 Å². The summed E-state index contributed by atoms with van der Waals surface area (Å²) in [5.74, 6) is -0.502. The molecular weight excluding hydrogens is 464 g/mol. The van der Waals surface area contributed by atoms with E-state index in [1.165, 1.54) is 0 Å². The third-order valence-electron chi connectivity index (χ3n) is 6.49. The first kappa shape index (κ1) is 26.4. The van der Waals surface area contributed by atoms with Crippen molar-refractivity contribution >= 4 is 24.4 Å². The Labute approximate surface area is 212 Å². The van der Waals surface area contributed by atoms with Crippen LogP contribution >= 0.6 is 12.4 Å². The zero-order valence-electron chi connectivity index (χ0n) is 19.8. The number of hydrogen-bond donors (Lipinski definition) is 2. The van der Waals surface area contributed by atoms with E-state index < -0.39 is 35.8 Å². The lowest BCUT2D eigenvalue weighted by Crippen LogP contribution is -2.66. The van der Waals surface area contributed by atoms with Crippen LogP contribution in [-0.4, -0.2) is 39.7 Å². The maximum atomic E-state index is 14.1. The molecule has 7 heteroatoms. The predicted octanol–water partition coefficient (Wildman–Crippen LogP) is 4.67. The van der Waals surface area contributed by atoms with Gasteiger partial charge in [0.1, 0.15) is 11.6 Å². The summed E-state index contributed by atoms with van der Waals surface area (Å²) >= 11 is 0. The highest BCUT2D eigenvalue weighted by Gasteiger charge is 2.53. The van der Waals surface area contributed by atoms with Gasteiger partial charge < -0.3 is 9.84 Å². The summed E-state index contributed by atoms with van der Waals surface area (Å²) in [6.07, 6.45) is -2.15. The van der Waals surface area contributed by atoms with Crippen LogP contribution in [0.5, 0.6) is 0 Å². The number of ether oxygens (including phenoxy) is 1. The zero-order chi connectivity index (χ0) is 24.1. The highest BCUT2D eigenvalue weighted by Crippen LogP contribution is 2.35. The van der Waals surface area contributed by atoms with Crippen molar-refractivity contribution in [1.82, 2.24) is 10.2 Å². The molecule has 6 nitrogen and oxygen atoms in total. The van der Waals surface area contributed by atoms with Gasteiger partial charge in [0.15, 0.2) is 0 Å². The summed E-state index contributed by atoms with van der Waals surface area (Å²) < 4.78 is 5.64. The molecular formula is C28H31ClN2O4. The molecule has 1 saturated heterocycles. The minimum Gasteiger partial charge on any atom is -0.439 e. The van der Waals surface area contributed by atoms with Crippen molar-refractivity contribution in [3.8, 4) is 0 Å². The van der Waals surface area contributed by atoms with Crippen LogP contribution in [0.25, 0.3) is 0 Å². The molecule has 1 heterocycles. The average Bonchev–Trinajstić information content (AvgIpc) is 3.16. The molecule has 1 aliphatic rings. The Morgan fingerprint density at radius 2 is 1.49 bits per heavy atom. The van der Waals surface area contributed by atoms with Crippen molar-refractivity contribution in [2.24, 2.45) is 0 Å². The first-order valence-corrected chi connectivity index (χ1v) is 11.5. The van der Waals surface area contributed by atoms with E-state index in [0.717, 1.165) is 21.6 Å². The molecule has 0 radical (unpaired) electrons. The summed E-state index contributed by atoms with van der Waals surface area (Å²) in [7, 11) is 0. The summed E-state index contributed by atoms with van der Waals surface area (Å²) in [6.45, 7) is 3.73. The van der Waals surface area contributed by atoms with Gasteiger partial charge in [-0.25, -0.2) is 9.69 Å². The van der Waals surface area contributed by atoms with Crippen molar-refractivity contribution in [1.29, 1.82) is 0 Å². The third kappa shape index (κ3) is 5.56. The summed E-state index contributed by atoms with van der Waals surface area (Å²) in [5, 5.41) is 14.3. The molecule has 3 aromatic carbocycles. The fourth-order valence-electron chi connectivity index (χ4n) is 4.50. The second-order valence-corrected chi connectivity index (χ2v) is 8.78. The number of hydrogen-bond acceptors (Lipinski definition) is 5. The Hall–Kier alpha value is -3.19. The number of nitrogens with one attached hydrogen (secondary N) is 1. The smallest absolute Gasteiger partial charge is 0.417 e. The van der Waals surface area contributed by atoms with E-state index in [4.69, 9.17) is 4.74 Å². The van der Waals surface area contributed by atoms with Gasteiger partial charge in [-0.3, -0.25) is 10.1 Å². The van der Waals surface area contributed by atoms with Gasteiger partial charge in [0.25, 0.3) is 5.91 Å². The monoisotopic (exact) mass is 494 g/mol. The predicted molar refractivity (Wildman–Crippen MR) is 137 cm³/mol. The molecule has 2 N–H and O–H groups in total. The number of carbonyl (C=O) groups excluding carboxylic acids is 2. The Morgan fingerprint density at radius 3 is 2.03 bits per heavy atom. The number of cyclic esters (lactones) is 1. The number of imide groups is 1. The van der Waals surface area contributed by atoms with Crippen LogP contribution in [0.15, 0.2) is 91.0 Å². The van der Waals surface area contributed by atoms with Gasteiger partial charge in [-0.1, -0.05) is 91.0 Å². The largest absolute Gasteiger partial charge is 0.439 e. The molecule has 4 atom stereocenters. The zero-order valence-corrected chi connectivity index (χ0v) is 20.7. The normalized spacial score (nSPS) is 19.9. The first-order valence-electron chi connectivity index (χ1n) is 11.5. The third-order valence-corrected chi connectivity index (χ3v) is 6.49. The first-order chi connectivity index (χ1) is 16.4. The quantitative estimate of drug-likeness (QED) is 0.476. The van der Waals surface area contributed by atoms with E-state index in [9.17, 15) is 14.7 Å². The fourth-order valence-corrected chi connectivity index (χ4v) is 4.50. The molecule has 3 aromatic rings. The van der Waals surface area contributed by atoms with Crippen LogP contribution < -0.4 is 5.32 Å². The standard InChI is InChI=1S/C28H30N2O4.ClH/c1-20-25(24-16-10-5-11-17-24)34-27(33)30(20)26(32)28(21(2)31,18-22-12-6-3-7-13-22)29-19-23-14-8-4-9-15-23;/h3-17,20-21,25,29,31H,18-19H2,1-2H3;1H/t20-,21?,25-,28?;/m1./s1. The van der Waals surface area contributed by atoms with Gasteiger partial charge in [-0.15, -0.1) is 12.4 Å². The second kappa shape index (κ2) is 11.5. The number of rotatable bonds is 8. The van der Waals surface area contributed by atoms with E-state index in [0.29, 0.717) is 6.54 Å². The molecule has 4 rings (SSSR count). The van der Waals surface area contributed by atoms with Gasteiger partial charge >= 0.3 is 6.09 Å². The lowest BCUT2D eigenvalue weighted by molar-refractivity contribution is -0.141. The summed E-state index contributed by atoms with van der Waals surface area (Å²) in [5.41, 5.74) is 1.22. The molecule has 0 aromatic heterocycles. The number of amides is 2. The van der Waals surface area contributed by atoms with Gasteiger partial charge in [-0.2, -0.15) is 0 Å². The van der Waals surface area contributed by atoms with Crippen molar-refractivity contribution in [3.05, 3.63) is 108 Å². The van der Waals surface area contributed by atoms with Gasteiger partial charge in [-0.05, 0) is 30.5 Å². The van der Waals surface area contributed by atoms with Gasteiger partial charge in [0.2, 0.25) is 0 Å². The molecule has 35 heavy (non-hydrogen) atoms. The maximum Gasteiger partial charge on any atom is 0.417 e. The van der Waals surface area contributed by atoms with Crippen molar-refractivity contribution in [3.63, 3.8) is 0 Å². The number of benzene rings is 3. The number of aliphatic hydroxyl groups is 1. The van der Waals surface area contributed by atoms with Gasteiger partial charge in [0, 0.05) is 13.0 Å². The molecule has 1 aliphatic heterocycles. The molecule has 0 saturated carbocycles. The lowest BCUT2D eigenvalue weighted by atomic mass is 9.83. The van der Waals surface area contributed by atoms with E-state index >= 15 is 0 Å². The van der Waals surface area contributed by atoms with E-state index in [-0.39, 0.29) is 18.8 Å². The van der Waals surface area contributed by atoms with E-state index in [1.54, 1.807) is 13.8 Å². The molecule has 0 aliphatic carbocycles. The highest BCUT2D eigenvalue weighted by atomic mass is 35.5. The molecule has 0 spiro atoms. The molecule has 184 valence electrons. The Kier molecular flexibility index (Phi) is 8.67. The van der Waals surface area contributed by atoms with E-state index in [1.807, 2.05) is 91.0 Å². The minimum absolute atomic E-state index is 0.